The third kappa shape index (κ3) is 5.38. The molecule has 0 atom stereocenters. The minimum Gasteiger partial charge on any atom is -0.208 e. The van der Waals surface area contributed by atoms with E-state index in [1.54, 1.807) is 0 Å². The lowest BCUT2D eigenvalue weighted by atomic mass is 9.97. The average Bonchev–Trinajstić information content (AvgIpc) is 3.46. The molecule has 0 spiro atoms. The van der Waals surface area contributed by atoms with Crippen LogP contribution >= 0.6 is 0 Å². The summed E-state index contributed by atoms with van der Waals surface area (Å²) in [5, 5.41) is 7.85. The lowest BCUT2D eigenvalue weighted by molar-refractivity contribution is 1.07. The summed E-state index contributed by atoms with van der Waals surface area (Å²) in [7, 11) is -1.89. The summed E-state index contributed by atoms with van der Waals surface area (Å²) in [5.74, 6) is 1.99. The van der Waals surface area contributed by atoms with Crippen molar-refractivity contribution in [1.29, 1.82) is 0 Å². The molecule has 53 heavy (non-hydrogen) atoms. The third-order valence-electron chi connectivity index (χ3n) is 10.9. The normalized spacial score (nSPS) is 12.9. The van der Waals surface area contributed by atoms with Crippen molar-refractivity contribution in [3.63, 3.8) is 0 Å². The van der Waals surface area contributed by atoms with Gasteiger partial charge in [0, 0.05) is 16.7 Å². The second-order valence-electron chi connectivity index (χ2n) is 14.5. The van der Waals surface area contributed by atoms with E-state index >= 15 is 0 Å². The Morgan fingerprint density at radius 3 is 1.51 bits per heavy atom. The Bertz CT molecular complexity index is 2860. The van der Waals surface area contributed by atoms with E-state index in [0.29, 0.717) is 17.5 Å². The molecule has 1 aromatic heterocycles. The molecule has 3 nitrogen and oxygen atoms in total. The van der Waals surface area contributed by atoms with Crippen LogP contribution in [0.3, 0.4) is 0 Å². The summed E-state index contributed by atoms with van der Waals surface area (Å²) < 4.78 is 0. The van der Waals surface area contributed by atoms with Crippen LogP contribution in [0.15, 0.2) is 176 Å². The minimum atomic E-state index is -1.89. The molecule has 10 rings (SSSR count). The van der Waals surface area contributed by atoms with Crippen molar-refractivity contribution in [1.82, 2.24) is 15.0 Å². The van der Waals surface area contributed by atoms with E-state index in [4.69, 9.17) is 15.0 Å². The predicted molar refractivity (Wildman–Crippen MR) is 224 cm³/mol. The molecule has 1 aliphatic heterocycles. The highest BCUT2D eigenvalue weighted by Crippen LogP contribution is 2.37. The van der Waals surface area contributed by atoms with Gasteiger partial charge in [0.15, 0.2) is 17.5 Å². The summed E-state index contributed by atoms with van der Waals surface area (Å²) in [6.07, 6.45) is 0. The van der Waals surface area contributed by atoms with Gasteiger partial charge in [-0.1, -0.05) is 165 Å². The van der Waals surface area contributed by atoms with E-state index < -0.39 is 8.07 Å². The van der Waals surface area contributed by atoms with Crippen LogP contribution in [0.2, 0.25) is 13.1 Å². The van der Waals surface area contributed by atoms with Crippen LogP contribution in [0.4, 0.5) is 0 Å². The average molecular weight is 694 g/mol. The maximum atomic E-state index is 5.22. The molecule has 0 fully saturated rings. The van der Waals surface area contributed by atoms with E-state index in [1.807, 2.05) is 6.07 Å². The highest BCUT2D eigenvalue weighted by atomic mass is 28.3. The van der Waals surface area contributed by atoms with E-state index in [1.165, 1.54) is 48.8 Å². The van der Waals surface area contributed by atoms with Gasteiger partial charge in [0.25, 0.3) is 0 Å². The van der Waals surface area contributed by atoms with Gasteiger partial charge >= 0.3 is 0 Å². The molecule has 250 valence electrons. The highest BCUT2D eigenvalue weighted by molar-refractivity contribution is 7.04. The van der Waals surface area contributed by atoms with Gasteiger partial charge in [-0.3, -0.25) is 0 Å². The first-order valence-electron chi connectivity index (χ1n) is 18.2. The zero-order chi connectivity index (χ0) is 35.5. The minimum absolute atomic E-state index is 0.656. The van der Waals surface area contributed by atoms with Gasteiger partial charge in [-0.25, -0.2) is 15.0 Å². The van der Waals surface area contributed by atoms with Crippen molar-refractivity contribution >= 4 is 40.0 Å². The number of aromatic nitrogens is 3. The molecule has 0 unspecified atom stereocenters. The van der Waals surface area contributed by atoms with Gasteiger partial charge in [-0.2, -0.15) is 0 Å². The number of hydrogen-bond acceptors (Lipinski definition) is 3. The molecular formula is C49H35N3Si. The second kappa shape index (κ2) is 12.3. The van der Waals surface area contributed by atoms with Crippen molar-refractivity contribution in [3.8, 4) is 67.5 Å². The first kappa shape index (κ1) is 31.3. The molecule has 0 saturated heterocycles. The Kier molecular flexibility index (Phi) is 7.27. The molecular weight excluding hydrogens is 659 g/mol. The Hall–Kier alpha value is -6.49. The standard InChI is InChI=1S/C49H35N3Si/c1-53(2)44-26-25-41(31-43(44)46-42-19-10-9-16-34(42)24-27-45(46)53)49-51-47(39-18-11-17-35(29-39)32-12-5-3-6-13-32)50-48(52-49)40-23-22-37-28-36(20-21-38(37)30-40)33-14-7-4-8-15-33/h3-31H,1-2H3. The molecule has 2 heterocycles. The molecule has 0 radical (unpaired) electrons. The van der Waals surface area contributed by atoms with Crippen molar-refractivity contribution in [3.05, 3.63) is 176 Å². The monoisotopic (exact) mass is 693 g/mol. The maximum absolute atomic E-state index is 5.22. The largest absolute Gasteiger partial charge is 0.208 e. The Balaban J connectivity index is 1.14. The zero-order valence-corrected chi connectivity index (χ0v) is 30.6. The summed E-state index contributed by atoms with van der Waals surface area (Å²) >= 11 is 0. The first-order valence-corrected chi connectivity index (χ1v) is 21.2. The Labute approximate surface area is 310 Å². The number of hydrogen-bond donors (Lipinski definition) is 0. The van der Waals surface area contributed by atoms with Crippen molar-refractivity contribution < 1.29 is 0 Å². The predicted octanol–water partition coefficient (Wildman–Crippen LogP) is 11.3. The maximum Gasteiger partial charge on any atom is 0.164 e. The van der Waals surface area contributed by atoms with Gasteiger partial charge in [0.2, 0.25) is 0 Å². The van der Waals surface area contributed by atoms with E-state index in [9.17, 15) is 0 Å². The summed E-state index contributed by atoms with van der Waals surface area (Å²) in [6, 6.07) is 63.0. The number of benzene rings is 8. The van der Waals surface area contributed by atoms with Crippen molar-refractivity contribution in [2.24, 2.45) is 0 Å². The topological polar surface area (TPSA) is 38.7 Å². The molecule has 8 aromatic carbocycles. The molecule has 1 aliphatic rings. The van der Waals surface area contributed by atoms with Crippen LogP contribution in [0.5, 0.6) is 0 Å². The SMILES string of the molecule is C[Si]1(C)c2ccc(-c3nc(-c4cccc(-c5ccccc5)c4)nc(-c4ccc5cc(-c6ccccc6)ccc5c4)n3)cc2-c2c1ccc1ccccc21. The fourth-order valence-electron chi connectivity index (χ4n) is 8.09. The summed E-state index contributed by atoms with van der Waals surface area (Å²) in [4.78, 5) is 15.6. The quantitative estimate of drug-likeness (QED) is 0.168. The van der Waals surface area contributed by atoms with Gasteiger partial charge in [-0.15, -0.1) is 0 Å². The van der Waals surface area contributed by atoms with Gasteiger partial charge in [0.05, 0.1) is 0 Å². The zero-order valence-electron chi connectivity index (χ0n) is 29.6. The first-order chi connectivity index (χ1) is 26.0. The fraction of sp³-hybridized carbons (Fsp3) is 0.0408. The molecule has 0 aliphatic carbocycles. The van der Waals surface area contributed by atoms with Crippen molar-refractivity contribution in [2.45, 2.75) is 13.1 Å². The molecule has 0 bridgehead atoms. The Morgan fingerprint density at radius 2 is 0.811 bits per heavy atom. The number of rotatable bonds is 5. The smallest absolute Gasteiger partial charge is 0.164 e. The molecule has 0 amide bonds. The third-order valence-corrected chi connectivity index (χ3v) is 14.4. The van der Waals surface area contributed by atoms with Crippen LogP contribution in [0, 0.1) is 0 Å². The van der Waals surface area contributed by atoms with Crippen LogP contribution in [0.25, 0.3) is 89.1 Å². The second-order valence-corrected chi connectivity index (χ2v) is 18.8. The van der Waals surface area contributed by atoms with Gasteiger partial charge < -0.3 is 0 Å². The lowest BCUT2D eigenvalue weighted by Crippen LogP contribution is -2.49. The van der Waals surface area contributed by atoms with E-state index in [2.05, 4.69) is 183 Å². The molecule has 9 aromatic rings. The van der Waals surface area contributed by atoms with Gasteiger partial charge in [-0.05, 0) is 89.6 Å². The molecule has 4 heteroatoms. The fourth-order valence-corrected chi connectivity index (χ4v) is 11.1. The molecule has 0 N–H and O–H groups in total. The summed E-state index contributed by atoms with van der Waals surface area (Å²) in [6.45, 7) is 4.93. The van der Waals surface area contributed by atoms with E-state index in [-0.39, 0.29) is 0 Å². The Morgan fingerprint density at radius 1 is 0.340 bits per heavy atom. The summed E-state index contributed by atoms with van der Waals surface area (Å²) in [5.41, 5.74) is 10.3. The van der Waals surface area contributed by atoms with E-state index in [0.717, 1.165) is 33.2 Å². The van der Waals surface area contributed by atoms with Crippen molar-refractivity contribution in [2.75, 3.05) is 0 Å². The van der Waals surface area contributed by atoms with Crippen LogP contribution < -0.4 is 10.4 Å². The van der Waals surface area contributed by atoms with Gasteiger partial charge in [0.1, 0.15) is 8.07 Å². The number of fused-ring (bicyclic) bond motifs is 6. The molecule has 0 saturated carbocycles. The number of nitrogens with zero attached hydrogens (tertiary/aromatic N) is 3. The highest BCUT2D eigenvalue weighted by Gasteiger charge is 2.38. The lowest BCUT2D eigenvalue weighted by Gasteiger charge is -2.19. The van der Waals surface area contributed by atoms with Crippen LogP contribution in [0.1, 0.15) is 0 Å². The van der Waals surface area contributed by atoms with Crippen LogP contribution in [-0.2, 0) is 0 Å². The van der Waals surface area contributed by atoms with Crippen LogP contribution in [-0.4, -0.2) is 23.0 Å².